The Bertz CT molecular complexity index is 627. The molecule has 18 heavy (non-hydrogen) atoms. The van der Waals surface area contributed by atoms with E-state index in [1.54, 1.807) is 26.0 Å². The fourth-order valence-electron chi connectivity index (χ4n) is 1.87. The van der Waals surface area contributed by atoms with Gasteiger partial charge in [0, 0.05) is 10.9 Å². The number of carboxylic acids is 1. The number of H-pyrrole nitrogens is 1. The highest BCUT2D eigenvalue weighted by molar-refractivity contribution is 6.00. The molecule has 0 bridgehead atoms. The van der Waals surface area contributed by atoms with Crippen LogP contribution in [0.2, 0.25) is 0 Å². The van der Waals surface area contributed by atoms with E-state index in [9.17, 15) is 9.59 Å². The minimum Gasteiger partial charge on any atom is -0.478 e. The van der Waals surface area contributed by atoms with Gasteiger partial charge < -0.3 is 14.8 Å². The van der Waals surface area contributed by atoms with Gasteiger partial charge in [-0.3, -0.25) is 0 Å². The number of nitrogens with one attached hydrogen (secondary N) is 1. The van der Waals surface area contributed by atoms with Crippen LogP contribution in [0.1, 0.15) is 33.3 Å². The molecule has 0 aliphatic rings. The fourth-order valence-corrected chi connectivity index (χ4v) is 1.87. The van der Waals surface area contributed by atoms with E-state index < -0.39 is 11.9 Å². The Morgan fingerprint density at radius 1 is 1.39 bits per heavy atom. The predicted octanol–water partition coefficient (Wildman–Crippen LogP) is 2.35. The monoisotopic (exact) mass is 247 g/mol. The van der Waals surface area contributed by atoms with Crippen molar-refractivity contribution in [1.29, 1.82) is 0 Å². The average molecular weight is 247 g/mol. The number of ether oxygens (including phenoxy) is 1. The molecule has 0 fully saturated rings. The second-order valence-corrected chi connectivity index (χ2v) is 3.91. The fraction of sp³-hybridized carbons (Fsp3) is 0.231. The van der Waals surface area contributed by atoms with Gasteiger partial charge in [-0.25, -0.2) is 9.59 Å². The molecule has 0 amide bonds. The standard InChI is InChI=1S/C13H13NO4/c1-3-18-13(17)11-7(2)9-6-8(12(15)16)4-5-10(9)14-11/h4-6,14H,3H2,1-2H3,(H,15,16). The van der Waals surface area contributed by atoms with Crippen LogP contribution in [0.5, 0.6) is 0 Å². The Hall–Kier alpha value is -2.30. The van der Waals surface area contributed by atoms with Crippen LogP contribution in [-0.2, 0) is 4.74 Å². The number of aromatic carboxylic acids is 1. The number of carbonyl (C=O) groups excluding carboxylic acids is 1. The number of hydrogen-bond acceptors (Lipinski definition) is 3. The van der Waals surface area contributed by atoms with E-state index in [4.69, 9.17) is 9.84 Å². The Morgan fingerprint density at radius 3 is 2.72 bits per heavy atom. The van der Waals surface area contributed by atoms with E-state index in [1.165, 1.54) is 6.07 Å². The van der Waals surface area contributed by atoms with Gasteiger partial charge in [0.2, 0.25) is 0 Å². The molecule has 2 rings (SSSR count). The first-order valence-electron chi connectivity index (χ1n) is 5.57. The summed E-state index contributed by atoms with van der Waals surface area (Å²) in [6, 6.07) is 4.69. The second kappa shape index (κ2) is 4.52. The molecule has 0 aliphatic carbocycles. The molecule has 0 saturated heterocycles. The zero-order valence-corrected chi connectivity index (χ0v) is 10.1. The molecule has 0 radical (unpaired) electrons. The molecule has 2 N–H and O–H groups in total. The number of benzene rings is 1. The van der Waals surface area contributed by atoms with Crippen molar-refractivity contribution in [1.82, 2.24) is 4.98 Å². The average Bonchev–Trinajstić information content (AvgIpc) is 2.67. The van der Waals surface area contributed by atoms with Crippen molar-refractivity contribution in [3.63, 3.8) is 0 Å². The van der Waals surface area contributed by atoms with Crippen LogP contribution in [0, 0.1) is 6.92 Å². The third-order valence-corrected chi connectivity index (χ3v) is 2.78. The highest BCUT2D eigenvalue weighted by atomic mass is 16.5. The van der Waals surface area contributed by atoms with Crippen molar-refractivity contribution in [2.45, 2.75) is 13.8 Å². The Balaban J connectivity index is 2.56. The minimum absolute atomic E-state index is 0.194. The Labute approximate surface area is 103 Å². The predicted molar refractivity (Wildman–Crippen MR) is 66.0 cm³/mol. The summed E-state index contributed by atoms with van der Waals surface area (Å²) in [5, 5.41) is 9.65. The van der Waals surface area contributed by atoms with Gasteiger partial charge in [0.1, 0.15) is 5.69 Å². The molecular weight excluding hydrogens is 234 g/mol. The van der Waals surface area contributed by atoms with E-state index in [-0.39, 0.29) is 5.56 Å². The maximum Gasteiger partial charge on any atom is 0.355 e. The zero-order valence-electron chi connectivity index (χ0n) is 10.1. The first-order chi connectivity index (χ1) is 8.54. The molecule has 0 unspecified atom stereocenters. The third-order valence-electron chi connectivity index (χ3n) is 2.78. The Morgan fingerprint density at radius 2 is 2.11 bits per heavy atom. The van der Waals surface area contributed by atoms with Crippen LogP contribution in [0.15, 0.2) is 18.2 Å². The lowest BCUT2D eigenvalue weighted by molar-refractivity contribution is 0.0519. The molecule has 5 nitrogen and oxygen atoms in total. The molecule has 0 atom stereocenters. The molecule has 0 saturated carbocycles. The second-order valence-electron chi connectivity index (χ2n) is 3.91. The van der Waals surface area contributed by atoms with Gasteiger partial charge in [0.15, 0.2) is 0 Å². The van der Waals surface area contributed by atoms with Crippen molar-refractivity contribution < 1.29 is 19.4 Å². The summed E-state index contributed by atoms with van der Waals surface area (Å²) < 4.78 is 4.93. The van der Waals surface area contributed by atoms with E-state index in [2.05, 4.69) is 4.98 Å². The van der Waals surface area contributed by atoms with E-state index in [1.807, 2.05) is 0 Å². The number of aromatic nitrogens is 1. The van der Waals surface area contributed by atoms with Crippen LogP contribution < -0.4 is 0 Å². The van der Waals surface area contributed by atoms with Crippen molar-refractivity contribution in [2.24, 2.45) is 0 Å². The summed E-state index contributed by atoms with van der Waals surface area (Å²) in [5.41, 5.74) is 1.99. The molecule has 2 aromatic rings. The maximum atomic E-state index is 11.7. The Kier molecular flexibility index (Phi) is 3.06. The molecule has 1 heterocycles. The minimum atomic E-state index is -0.991. The SMILES string of the molecule is CCOC(=O)c1[nH]c2ccc(C(=O)O)cc2c1C. The van der Waals surface area contributed by atoms with Crippen LogP contribution in [0.4, 0.5) is 0 Å². The molecule has 5 heteroatoms. The summed E-state index contributed by atoms with van der Waals surface area (Å²) >= 11 is 0. The first kappa shape index (κ1) is 12.2. The molecule has 0 aliphatic heterocycles. The third kappa shape index (κ3) is 1.95. The number of fused-ring (bicyclic) bond motifs is 1. The summed E-state index contributed by atoms with van der Waals surface area (Å²) in [4.78, 5) is 25.5. The van der Waals surface area contributed by atoms with Crippen molar-refractivity contribution in [3.8, 4) is 0 Å². The lowest BCUT2D eigenvalue weighted by atomic mass is 10.1. The summed E-state index contributed by atoms with van der Waals surface area (Å²) in [6.07, 6.45) is 0. The van der Waals surface area contributed by atoms with Gasteiger partial charge >= 0.3 is 11.9 Å². The van der Waals surface area contributed by atoms with Gasteiger partial charge in [-0.15, -0.1) is 0 Å². The number of rotatable bonds is 3. The van der Waals surface area contributed by atoms with Crippen molar-refractivity contribution in [2.75, 3.05) is 6.61 Å². The van der Waals surface area contributed by atoms with Gasteiger partial charge in [-0.05, 0) is 37.6 Å². The molecule has 1 aromatic heterocycles. The topological polar surface area (TPSA) is 79.4 Å². The zero-order chi connectivity index (χ0) is 13.3. The van der Waals surface area contributed by atoms with Gasteiger partial charge in [-0.1, -0.05) is 0 Å². The largest absolute Gasteiger partial charge is 0.478 e. The normalized spacial score (nSPS) is 10.6. The van der Waals surface area contributed by atoms with Gasteiger partial charge in [0.05, 0.1) is 12.2 Å². The summed E-state index contributed by atoms with van der Waals surface area (Å²) in [5.74, 6) is -1.42. The summed E-state index contributed by atoms with van der Waals surface area (Å²) in [6.45, 7) is 3.79. The van der Waals surface area contributed by atoms with E-state index >= 15 is 0 Å². The first-order valence-corrected chi connectivity index (χ1v) is 5.57. The van der Waals surface area contributed by atoms with Gasteiger partial charge in [0.25, 0.3) is 0 Å². The highest BCUT2D eigenvalue weighted by Crippen LogP contribution is 2.23. The molecule has 1 aromatic carbocycles. The molecule has 0 spiro atoms. The van der Waals surface area contributed by atoms with Crippen molar-refractivity contribution >= 4 is 22.8 Å². The van der Waals surface area contributed by atoms with Crippen molar-refractivity contribution in [3.05, 3.63) is 35.0 Å². The smallest absolute Gasteiger partial charge is 0.355 e. The van der Waals surface area contributed by atoms with Crippen LogP contribution >= 0.6 is 0 Å². The van der Waals surface area contributed by atoms with Gasteiger partial charge in [-0.2, -0.15) is 0 Å². The maximum absolute atomic E-state index is 11.7. The summed E-state index contributed by atoms with van der Waals surface area (Å²) in [7, 11) is 0. The number of esters is 1. The molecule has 94 valence electrons. The molecular formula is C13H13NO4. The lowest BCUT2D eigenvalue weighted by Crippen LogP contribution is -2.06. The highest BCUT2D eigenvalue weighted by Gasteiger charge is 2.16. The van der Waals surface area contributed by atoms with Crippen LogP contribution in [0.3, 0.4) is 0 Å². The number of hydrogen-bond donors (Lipinski definition) is 2. The number of aryl methyl sites for hydroxylation is 1. The van der Waals surface area contributed by atoms with Crippen LogP contribution in [0.25, 0.3) is 10.9 Å². The quantitative estimate of drug-likeness (QED) is 0.816. The number of carboxylic acid groups (broad SMARTS) is 1. The van der Waals surface area contributed by atoms with E-state index in [0.717, 1.165) is 10.9 Å². The number of carbonyl (C=O) groups is 2. The number of aromatic amines is 1. The van der Waals surface area contributed by atoms with Crippen LogP contribution in [-0.4, -0.2) is 28.6 Å². The van der Waals surface area contributed by atoms with E-state index in [0.29, 0.717) is 17.9 Å². The lowest BCUT2D eigenvalue weighted by Gasteiger charge is -1.99.